The average molecular weight is 274 g/mol. The second kappa shape index (κ2) is 6.53. The van der Waals surface area contributed by atoms with Crippen LogP contribution in [-0.2, 0) is 9.84 Å². The van der Waals surface area contributed by atoms with Gasteiger partial charge in [-0.15, -0.1) is 0 Å². The van der Waals surface area contributed by atoms with Crippen molar-refractivity contribution in [2.45, 2.75) is 31.8 Å². The number of aromatic nitrogens is 2. The molecule has 0 amide bonds. The lowest BCUT2D eigenvalue weighted by molar-refractivity contribution is 0.280. The van der Waals surface area contributed by atoms with E-state index in [9.17, 15) is 8.42 Å². The fourth-order valence-corrected chi connectivity index (χ4v) is 1.62. The first-order chi connectivity index (χ1) is 8.47. The van der Waals surface area contributed by atoms with Crippen LogP contribution in [0.15, 0.2) is 11.2 Å². The topological polar surface area (TPSA) is 78.4 Å². The van der Waals surface area contributed by atoms with Crippen LogP contribution in [0.3, 0.4) is 0 Å². The molecule has 0 fully saturated rings. The maximum Gasteiger partial charge on any atom is 0.253 e. The van der Waals surface area contributed by atoms with Gasteiger partial charge < -0.3 is 9.47 Å². The molecule has 1 rings (SSSR count). The number of hydrogen-bond acceptors (Lipinski definition) is 6. The van der Waals surface area contributed by atoms with Gasteiger partial charge in [0.25, 0.3) is 5.16 Å². The largest absolute Gasteiger partial charge is 0.477 e. The first-order valence-corrected chi connectivity index (χ1v) is 7.71. The Morgan fingerprint density at radius 3 is 1.83 bits per heavy atom. The highest BCUT2D eigenvalue weighted by Gasteiger charge is 2.15. The first-order valence-electron chi connectivity index (χ1n) is 5.82. The number of hydrogen-bond donors (Lipinski definition) is 0. The zero-order valence-electron chi connectivity index (χ0n) is 10.8. The molecule has 0 N–H and O–H groups in total. The minimum Gasteiger partial charge on any atom is -0.477 e. The van der Waals surface area contributed by atoms with E-state index in [2.05, 4.69) is 9.97 Å². The van der Waals surface area contributed by atoms with Gasteiger partial charge in [-0.05, 0) is 12.8 Å². The van der Waals surface area contributed by atoms with Gasteiger partial charge in [0.1, 0.15) is 0 Å². The van der Waals surface area contributed by atoms with E-state index in [1.54, 1.807) is 0 Å². The Bertz CT molecular complexity index is 462. The van der Waals surface area contributed by atoms with Gasteiger partial charge in [-0.25, -0.2) is 8.42 Å². The van der Waals surface area contributed by atoms with E-state index < -0.39 is 9.84 Å². The molecule has 0 saturated heterocycles. The molecule has 18 heavy (non-hydrogen) atoms. The van der Waals surface area contributed by atoms with Gasteiger partial charge in [0.15, 0.2) is 0 Å². The molecule has 0 unspecified atom stereocenters. The lowest BCUT2D eigenvalue weighted by atomic mass is 10.5. The van der Waals surface area contributed by atoms with Crippen LogP contribution in [0.25, 0.3) is 0 Å². The van der Waals surface area contributed by atoms with Crippen molar-refractivity contribution in [3.8, 4) is 11.8 Å². The van der Waals surface area contributed by atoms with Gasteiger partial charge in [-0.1, -0.05) is 13.8 Å². The Morgan fingerprint density at radius 2 is 1.50 bits per heavy atom. The number of ether oxygens (including phenoxy) is 2. The average Bonchev–Trinajstić information content (AvgIpc) is 2.32. The quantitative estimate of drug-likeness (QED) is 0.700. The van der Waals surface area contributed by atoms with Crippen molar-refractivity contribution in [1.82, 2.24) is 9.97 Å². The summed E-state index contributed by atoms with van der Waals surface area (Å²) in [5, 5.41) is -0.276. The first kappa shape index (κ1) is 14.7. The number of sulfone groups is 1. The van der Waals surface area contributed by atoms with Crippen LogP contribution in [-0.4, -0.2) is 37.9 Å². The summed E-state index contributed by atoms with van der Waals surface area (Å²) in [6.07, 6.45) is 2.67. The summed E-state index contributed by atoms with van der Waals surface area (Å²) in [7, 11) is -3.48. The van der Waals surface area contributed by atoms with Crippen molar-refractivity contribution < 1.29 is 17.9 Å². The van der Waals surface area contributed by atoms with Crippen LogP contribution < -0.4 is 9.47 Å². The minimum absolute atomic E-state index is 0.221. The fourth-order valence-electron chi connectivity index (χ4n) is 1.11. The second-order valence-corrected chi connectivity index (χ2v) is 5.71. The van der Waals surface area contributed by atoms with Crippen LogP contribution in [0.5, 0.6) is 11.8 Å². The van der Waals surface area contributed by atoms with E-state index >= 15 is 0 Å². The van der Waals surface area contributed by atoms with E-state index in [1.165, 1.54) is 6.07 Å². The molecular weight excluding hydrogens is 256 g/mol. The number of nitrogens with zero attached hydrogens (tertiary/aromatic N) is 2. The molecule has 0 aliphatic heterocycles. The molecule has 0 radical (unpaired) electrons. The second-order valence-electron chi connectivity index (χ2n) is 3.80. The molecule has 0 atom stereocenters. The highest BCUT2D eigenvalue weighted by molar-refractivity contribution is 7.90. The lowest BCUT2D eigenvalue weighted by Crippen LogP contribution is -2.09. The van der Waals surface area contributed by atoms with E-state index in [-0.39, 0.29) is 16.9 Å². The molecule has 0 aliphatic rings. The van der Waals surface area contributed by atoms with Crippen molar-refractivity contribution in [1.29, 1.82) is 0 Å². The molecular formula is C11H18N2O4S. The third-order valence-electron chi connectivity index (χ3n) is 1.90. The van der Waals surface area contributed by atoms with Gasteiger partial charge in [0.05, 0.1) is 19.3 Å². The van der Waals surface area contributed by atoms with Crippen molar-refractivity contribution in [2.24, 2.45) is 0 Å². The Kier molecular flexibility index (Phi) is 5.33. The Hall–Kier alpha value is -1.37. The highest BCUT2D eigenvalue weighted by Crippen LogP contribution is 2.18. The monoisotopic (exact) mass is 274 g/mol. The van der Waals surface area contributed by atoms with Crippen molar-refractivity contribution in [2.75, 3.05) is 19.5 Å². The van der Waals surface area contributed by atoms with Crippen LogP contribution in [0, 0.1) is 0 Å². The zero-order valence-corrected chi connectivity index (χ0v) is 11.7. The van der Waals surface area contributed by atoms with Crippen molar-refractivity contribution >= 4 is 9.84 Å². The van der Waals surface area contributed by atoms with E-state index in [0.29, 0.717) is 13.2 Å². The molecule has 1 aromatic rings. The van der Waals surface area contributed by atoms with Crippen LogP contribution >= 0.6 is 0 Å². The SMILES string of the molecule is CCCOc1cc(OCCC)nc(S(C)(=O)=O)n1. The third kappa shape index (κ3) is 4.48. The predicted molar refractivity (Wildman–Crippen MR) is 66.7 cm³/mol. The van der Waals surface area contributed by atoms with E-state index in [0.717, 1.165) is 19.1 Å². The summed E-state index contributed by atoms with van der Waals surface area (Å²) in [6.45, 7) is 4.83. The fraction of sp³-hybridized carbons (Fsp3) is 0.636. The molecule has 0 spiro atoms. The normalized spacial score (nSPS) is 11.3. The van der Waals surface area contributed by atoms with Crippen molar-refractivity contribution in [3.63, 3.8) is 0 Å². The molecule has 0 saturated carbocycles. The predicted octanol–water partition coefficient (Wildman–Crippen LogP) is 1.46. The summed E-state index contributed by atoms with van der Waals surface area (Å²) in [5.74, 6) is 0.441. The standard InChI is InChI=1S/C11H18N2O4S/c1-4-6-16-9-8-10(17-7-5-2)13-11(12-9)18(3,14)15/h8H,4-7H2,1-3H3. The highest BCUT2D eigenvalue weighted by atomic mass is 32.2. The summed E-state index contributed by atoms with van der Waals surface area (Å²) < 4.78 is 33.5. The van der Waals surface area contributed by atoms with Gasteiger partial charge in [-0.3, -0.25) is 0 Å². The molecule has 6 nitrogen and oxygen atoms in total. The Morgan fingerprint density at radius 1 is 1.06 bits per heavy atom. The summed E-state index contributed by atoms with van der Waals surface area (Å²) in [5.41, 5.74) is 0. The maximum absolute atomic E-state index is 11.4. The van der Waals surface area contributed by atoms with Crippen LogP contribution in [0.1, 0.15) is 26.7 Å². The third-order valence-corrected chi connectivity index (χ3v) is 2.74. The summed E-state index contributed by atoms with van der Waals surface area (Å²) in [6, 6.07) is 1.50. The van der Waals surface area contributed by atoms with Gasteiger partial charge in [-0.2, -0.15) is 9.97 Å². The lowest BCUT2D eigenvalue weighted by Gasteiger charge is -2.08. The van der Waals surface area contributed by atoms with Gasteiger partial charge in [0, 0.05) is 6.26 Å². The zero-order chi connectivity index (χ0) is 13.6. The van der Waals surface area contributed by atoms with Crippen LogP contribution in [0.2, 0.25) is 0 Å². The summed E-state index contributed by atoms with van der Waals surface area (Å²) in [4.78, 5) is 7.70. The maximum atomic E-state index is 11.4. The minimum atomic E-state index is -3.48. The summed E-state index contributed by atoms with van der Waals surface area (Å²) >= 11 is 0. The molecule has 1 heterocycles. The van der Waals surface area contributed by atoms with Gasteiger partial charge in [0.2, 0.25) is 21.6 Å². The molecule has 7 heteroatoms. The molecule has 0 aromatic carbocycles. The molecule has 0 bridgehead atoms. The molecule has 1 aromatic heterocycles. The molecule has 102 valence electrons. The van der Waals surface area contributed by atoms with Gasteiger partial charge >= 0.3 is 0 Å². The Balaban J connectivity index is 3.03. The van der Waals surface area contributed by atoms with Crippen LogP contribution in [0.4, 0.5) is 0 Å². The van der Waals surface area contributed by atoms with Crippen molar-refractivity contribution in [3.05, 3.63) is 6.07 Å². The smallest absolute Gasteiger partial charge is 0.253 e. The Labute approximate surface area is 107 Å². The molecule has 0 aliphatic carbocycles. The number of rotatable bonds is 7. The van der Waals surface area contributed by atoms with E-state index in [1.807, 2.05) is 13.8 Å². The van der Waals surface area contributed by atoms with E-state index in [4.69, 9.17) is 9.47 Å².